The molecule has 1 aromatic carbocycles. The van der Waals surface area contributed by atoms with Gasteiger partial charge in [0.1, 0.15) is 23.3 Å². The van der Waals surface area contributed by atoms with Crippen LogP contribution in [0.3, 0.4) is 0 Å². The molecule has 4 nitrogen and oxygen atoms in total. The summed E-state index contributed by atoms with van der Waals surface area (Å²) in [5, 5.41) is 13.4. The third kappa shape index (κ3) is 2.43. The highest BCUT2D eigenvalue weighted by atomic mass is 19.1. The van der Waals surface area contributed by atoms with Gasteiger partial charge in [0, 0.05) is 5.56 Å². The maximum Gasteiger partial charge on any atom is 0.140 e. The maximum atomic E-state index is 13.6. The van der Waals surface area contributed by atoms with E-state index in [4.69, 9.17) is 11.0 Å². The molecule has 0 aliphatic carbocycles. The fourth-order valence-corrected chi connectivity index (χ4v) is 1.92. The number of benzene rings is 1. The molecule has 19 heavy (non-hydrogen) atoms. The highest BCUT2D eigenvalue weighted by Crippen LogP contribution is 2.24. The second-order valence-electron chi connectivity index (χ2n) is 4.66. The van der Waals surface area contributed by atoms with Crippen LogP contribution in [0.2, 0.25) is 0 Å². The first-order chi connectivity index (χ1) is 9.04. The molecule has 2 rings (SSSR count). The van der Waals surface area contributed by atoms with Gasteiger partial charge in [0.2, 0.25) is 0 Å². The van der Waals surface area contributed by atoms with E-state index in [1.165, 1.54) is 10.7 Å². The third-order valence-corrected chi connectivity index (χ3v) is 2.96. The number of nitrogen functional groups attached to an aromatic ring is 1. The first kappa shape index (κ1) is 13.1. The zero-order valence-electron chi connectivity index (χ0n) is 10.9. The first-order valence-electron chi connectivity index (χ1n) is 6.04. The molecule has 2 N–H and O–H groups in total. The number of hydrogen-bond acceptors (Lipinski definition) is 3. The quantitative estimate of drug-likeness (QED) is 0.920. The van der Waals surface area contributed by atoms with Gasteiger partial charge in [-0.15, -0.1) is 0 Å². The molecular weight excluding hydrogens is 243 g/mol. The summed E-state index contributed by atoms with van der Waals surface area (Å²) in [5.74, 6) is 0.0790. The summed E-state index contributed by atoms with van der Waals surface area (Å²) < 4.78 is 15.1. The van der Waals surface area contributed by atoms with Crippen LogP contribution >= 0.6 is 0 Å². The molecule has 0 aliphatic heterocycles. The van der Waals surface area contributed by atoms with Crippen LogP contribution in [0.1, 0.15) is 36.6 Å². The van der Waals surface area contributed by atoms with Gasteiger partial charge in [-0.05, 0) is 12.0 Å². The smallest absolute Gasteiger partial charge is 0.140 e. The minimum absolute atomic E-state index is 0.0961. The highest BCUT2D eigenvalue weighted by molar-refractivity contribution is 5.53. The van der Waals surface area contributed by atoms with Crippen molar-refractivity contribution in [3.05, 3.63) is 46.9 Å². The summed E-state index contributed by atoms with van der Waals surface area (Å²) in [4.78, 5) is 0. The lowest BCUT2D eigenvalue weighted by atomic mass is 10.1. The van der Waals surface area contributed by atoms with Gasteiger partial charge in [-0.1, -0.05) is 32.0 Å². The summed E-state index contributed by atoms with van der Waals surface area (Å²) in [6, 6.07) is 8.52. The topological polar surface area (TPSA) is 67.6 Å². The average molecular weight is 258 g/mol. The molecule has 0 fully saturated rings. The summed E-state index contributed by atoms with van der Waals surface area (Å²) in [7, 11) is 0. The summed E-state index contributed by atoms with van der Waals surface area (Å²) in [6.07, 6.45) is 0. The van der Waals surface area contributed by atoms with Crippen LogP contribution in [0.4, 0.5) is 10.2 Å². The lowest BCUT2D eigenvalue weighted by molar-refractivity contribution is 0.583. The van der Waals surface area contributed by atoms with Crippen molar-refractivity contribution in [2.45, 2.75) is 26.3 Å². The van der Waals surface area contributed by atoms with Gasteiger partial charge in [0.05, 0.1) is 12.2 Å². The van der Waals surface area contributed by atoms with E-state index in [1.54, 1.807) is 18.2 Å². The molecule has 0 amide bonds. The minimum atomic E-state index is -0.304. The van der Waals surface area contributed by atoms with Gasteiger partial charge in [-0.2, -0.15) is 10.4 Å². The van der Waals surface area contributed by atoms with Crippen LogP contribution in [-0.4, -0.2) is 9.78 Å². The van der Waals surface area contributed by atoms with Crippen LogP contribution in [0.5, 0.6) is 0 Å². The van der Waals surface area contributed by atoms with E-state index in [0.29, 0.717) is 16.8 Å². The van der Waals surface area contributed by atoms with E-state index in [0.717, 1.165) is 0 Å². The van der Waals surface area contributed by atoms with Gasteiger partial charge in [-0.3, -0.25) is 0 Å². The molecule has 1 aromatic heterocycles. The number of aromatic nitrogens is 2. The molecular formula is C14H15FN4. The Labute approximate surface area is 111 Å². The van der Waals surface area contributed by atoms with Crippen LogP contribution in [0.15, 0.2) is 24.3 Å². The monoisotopic (exact) mass is 258 g/mol. The van der Waals surface area contributed by atoms with Crippen molar-refractivity contribution in [3.8, 4) is 6.07 Å². The van der Waals surface area contributed by atoms with Crippen molar-refractivity contribution in [2.24, 2.45) is 0 Å². The summed E-state index contributed by atoms with van der Waals surface area (Å²) in [6.45, 7) is 4.10. The van der Waals surface area contributed by atoms with Gasteiger partial charge < -0.3 is 5.73 Å². The Morgan fingerprint density at radius 3 is 2.63 bits per heavy atom. The lowest BCUT2D eigenvalue weighted by Gasteiger charge is -2.05. The lowest BCUT2D eigenvalue weighted by Crippen LogP contribution is -2.07. The van der Waals surface area contributed by atoms with Crippen molar-refractivity contribution in [1.82, 2.24) is 9.78 Å². The van der Waals surface area contributed by atoms with E-state index < -0.39 is 0 Å². The Bertz CT molecular complexity index is 637. The molecule has 0 bridgehead atoms. The number of nitriles is 1. The molecule has 5 heteroatoms. The van der Waals surface area contributed by atoms with Crippen molar-refractivity contribution < 1.29 is 4.39 Å². The Balaban J connectivity index is 2.42. The average Bonchev–Trinajstić information content (AvgIpc) is 2.69. The molecule has 0 saturated carbocycles. The predicted molar refractivity (Wildman–Crippen MR) is 70.9 cm³/mol. The molecule has 2 aromatic rings. The van der Waals surface area contributed by atoms with Crippen LogP contribution < -0.4 is 5.73 Å². The largest absolute Gasteiger partial charge is 0.383 e. The molecule has 0 spiro atoms. The van der Waals surface area contributed by atoms with E-state index >= 15 is 0 Å². The number of nitrogens with two attached hydrogens (primary N) is 1. The number of hydrogen-bond donors (Lipinski definition) is 1. The molecule has 0 unspecified atom stereocenters. The molecule has 0 saturated heterocycles. The number of anilines is 1. The second kappa shape index (κ2) is 5.11. The Hall–Kier alpha value is -2.35. The van der Waals surface area contributed by atoms with Gasteiger partial charge in [0.15, 0.2) is 0 Å². The first-order valence-corrected chi connectivity index (χ1v) is 6.04. The Morgan fingerprint density at radius 2 is 2.11 bits per heavy atom. The summed E-state index contributed by atoms with van der Waals surface area (Å²) in [5.41, 5.74) is 7.43. The number of rotatable bonds is 3. The zero-order valence-corrected chi connectivity index (χ0v) is 10.9. The van der Waals surface area contributed by atoms with E-state index in [1.807, 2.05) is 13.8 Å². The van der Waals surface area contributed by atoms with Gasteiger partial charge in [-0.25, -0.2) is 9.07 Å². The van der Waals surface area contributed by atoms with Crippen molar-refractivity contribution in [3.63, 3.8) is 0 Å². The number of halogens is 1. The second-order valence-corrected chi connectivity index (χ2v) is 4.66. The molecule has 98 valence electrons. The molecule has 1 heterocycles. The van der Waals surface area contributed by atoms with Gasteiger partial charge >= 0.3 is 0 Å². The minimum Gasteiger partial charge on any atom is -0.383 e. The Morgan fingerprint density at radius 1 is 1.42 bits per heavy atom. The molecule has 0 atom stereocenters. The fraction of sp³-hybridized carbons (Fsp3) is 0.286. The van der Waals surface area contributed by atoms with Crippen LogP contribution in [0.25, 0.3) is 0 Å². The highest BCUT2D eigenvalue weighted by Gasteiger charge is 2.18. The standard InChI is InChI=1S/C14H15FN4/c1-9(2)13-11(7-16)14(17)19(18-13)8-10-5-3-4-6-12(10)15/h3-6,9H,8,17H2,1-2H3. The van der Waals surface area contributed by atoms with Crippen molar-refractivity contribution >= 4 is 5.82 Å². The van der Waals surface area contributed by atoms with Crippen molar-refractivity contribution in [1.29, 1.82) is 5.26 Å². The van der Waals surface area contributed by atoms with Gasteiger partial charge in [0.25, 0.3) is 0 Å². The number of nitrogens with zero attached hydrogens (tertiary/aromatic N) is 3. The SMILES string of the molecule is CC(C)c1nn(Cc2ccccc2F)c(N)c1C#N. The van der Waals surface area contributed by atoms with Crippen LogP contribution in [-0.2, 0) is 6.54 Å². The molecule has 0 aliphatic rings. The normalized spacial score (nSPS) is 10.7. The fourth-order valence-electron chi connectivity index (χ4n) is 1.92. The van der Waals surface area contributed by atoms with Crippen LogP contribution in [0, 0.1) is 17.1 Å². The third-order valence-electron chi connectivity index (χ3n) is 2.96. The van der Waals surface area contributed by atoms with E-state index in [2.05, 4.69) is 11.2 Å². The maximum absolute atomic E-state index is 13.6. The summed E-state index contributed by atoms with van der Waals surface area (Å²) >= 11 is 0. The Kier molecular flexibility index (Phi) is 3.52. The zero-order chi connectivity index (χ0) is 14.0. The molecule has 0 radical (unpaired) electrons. The van der Waals surface area contributed by atoms with Crippen molar-refractivity contribution in [2.75, 3.05) is 5.73 Å². The predicted octanol–water partition coefficient (Wildman–Crippen LogP) is 2.65. The van der Waals surface area contributed by atoms with E-state index in [-0.39, 0.29) is 24.1 Å². The van der Waals surface area contributed by atoms with E-state index in [9.17, 15) is 4.39 Å².